The molecule has 136 valence electrons. The predicted molar refractivity (Wildman–Crippen MR) is 106 cm³/mol. The number of carbonyl (C=O) groups is 1. The van der Waals surface area contributed by atoms with Gasteiger partial charge in [0.25, 0.3) is 0 Å². The summed E-state index contributed by atoms with van der Waals surface area (Å²) in [4.78, 5) is 14.9. The van der Waals surface area contributed by atoms with E-state index in [2.05, 4.69) is 16.5 Å². The van der Waals surface area contributed by atoms with Gasteiger partial charge in [-0.1, -0.05) is 29.6 Å². The Kier molecular flexibility index (Phi) is 5.84. The molecule has 0 saturated carbocycles. The minimum atomic E-state index is -0.746. The Bertz CT molecular complexity index is 936. The second-order valence-electron chi connectivity index (χ2n) is 6.35. The smallest absolute Gasteiger partial charge is 0.303 e. The molecule has 3 aromatic rings. The number of pyridine rings is 1. The van der Waals surface area contributed by atoms with Gasteiger partial charge in [0.15, 0.2) is 0 Å². The third kappa shape index (κ3) is 3.87. The van der Waals surface area contributed by atoms with E-state index in [4.69, 9.17) is 28.3 Å². The lowest BCUT2D eigenvalue weighted by atomic mass is 10.1. The zero-order valence-electron chi connectivity index (χ0n) is 14.5. The highest BCUT2D eigenvalue weighted by Gasteiger charge is 2.17. The molecule has 6 heteroatoms. The van der Waals surface area contributed by atoms with Crippen molar-refractivity contribution < 1.29 is 9.90 Å². The number of rotatable bonds is 7. The van der Waals surface area contributed by atoms with Crippen LogP contribution in [0.4, 0.5) is 0 Å². The number of carboxylic acid groups (broad SMARTS) is 1. The average molecular weight is 391 g/mol. The SMILES string of the molecule is Cc1c(-c2cccnc2)n(CCCCCC(=O)O)c2cc(Cl)c(Cl)cc12. The summed E-state index contributed by atoms with van der Waals surface area (Å²) < 4.78 is 2.24. The Hall–Kier alpha value is -2.04. The minimum absolute atomic E-state index is 0.211. The number of halogens is 2. The van der Waals surface area contributed by atoms with Crippen LogP contribution in [-0.4, -0.2) is 20.6 Å². The van der Waals surface area contributed by atoms with E-state index in [-0.39, 0.29) is 6.42 Å². The maximum atomic E-state index is 10.7. The first-order chi connectivity index (χ1) is 12.5. The molecule has 0 bridgehead atoms. The molecule has 0 aliphatic heterocycles. The number of carboxylic acids is 1. The summed E-state index contributed by atoms with van der Waals surface area (Å²) in [6, 6.07) is 7.78. The first-order valence-electron chi connectivity index (χ1n) is 8.59. The molecule has 2 aromatic heterocycles. The summed E-state index contributed by atoms with van der Waals surface area (Å²) in [5.74, 6) is -0.746. The monoisotopic (exact) mass is 390 g/mol. The third-order valence-electron chi connectivity index (χ3n) is 4.57. The molecule has 3 rings (SSSR count). The molecule has 0 amide bonds. The van der Waals surface area contributed by atoms with Gasteiger partial charge in [-0.05, 0) is 49.6 Å². The summed E-state index contributed by atoms with van der Waals surface area (Å²) in [5.41, 5.74) is 4.31. The number of aliphatic carboxylic acids is 1. The van der Waals surface area contributed by atoms with Crippen molar-refractivity contribution in [1.29, 1.82) is 0 Å². The van der Waals surface area contributed by atoms with Crippen molar-refractivity contribution in [3.8, 4) is 11.3 Å². The molecule has 0 fully saturated rings. The van der Waals surface area contributed by atoms with Crippen LogP contribution in [0, 0.1) is 6.92 Å². The summed E-state index contributed by atoms with van der Waals surface area (Å²) in [7, 11) is 0. The third-order valence-corrected chi connectivity index (χ3v) is 5.29. The number of hydrogen-bond acceptors (Lipinski definition) is 2. The zero-order chi connectivity index (χ0) is 18.7. The molecule has 0 aliphatic carbocycles. The Labute approximate surface area is 162 Å². The van der Waals surface area contributed by atoms with Crippen LogP contribution in [0.25, 0.3) is 22.2 Å². The van der Waals surface area contributed by atoms with E-state index in [1.165, 1.54) is 0 Å². The van der Waals surface area contributed by atoms with Crippen LogP contribution < -0.4 is 0 Å². The van der Waals surface area contributed by atoms with Crippen LogP contribution in [0.15, 0.2) is 36.7 Å². The maximum absolute atomic E-state index is 10.7. The van der Waals surface area contributed by atoms with Gasteiger partial charge in [-0.15, -0.1) is 0 Å². The average Bonchev–Trinajstić information content (AvgIpc) is 2.87. The Morgan fingerprint density at radius 2 is 1.96 bits per heavy atom. The van der Waals surface area contributed by atoms with Crippen LogP contribution in [0.3, 0.4) is 0 Å². The van der Waals surface area contributed by atoms with E-state index in [0.717, 1.165) is 47.1 Å². The van der Waals surface area contributed by atoms with Crippen molar-refractivity contribution in [2.45, 2.75) is 39.2 Å². The molecule has 0 saturated heterocycles. The molecule has 0 aliphatic rings. The molecule has 1 N–H and O–H groups in total. The molecule has 0 radical (unpaired) electrons. The standard InChI is InChI=1S/C20H20Cl2N2O2/c1-13-15-10-16(21)17(22)11-18(15)24(9-4-2-3-7-19(25)26)20(13)14-6-5-8-23-12-14/h5-6,8,10-12H,2-4,7,9H2,1H3,(H,25,26). The van der Waals surface area contributed by atoms with Gasteiger partial charge >= 0.3 is 5.97 Å². The predicted octanol–water partition coefficient (Wildman–Crippen LogP) is 5.96. The van der Waals surface area contributed by atoms with Crippen LogP contribution in [0.5, 0.6) is 0 Å². The second-order valence-corrected chi connectivity index (χ2v) is 7.17. The molecule has 4 nitrogen and oxygen atoms in total. The number of aryl methyl sites for hydroxylation is 2. The van der Waals surface area contributed by atoms with E-state index < -0.39 is 5.97 Å². The first kappa shape index (κ1) is 18.7. The second kappa shape index (κ2) is 8.11. The molecule has 2 heterocycles. The molecule has 26 heavy (non-hydrogen) atoms. The maximum Gasteiger partial charge on any atom is 0.303 e. The molecule has 0 atom stereocenters. The topological polar surface area (TPSA) is 55.1 Å². The highest BCUT2D eigenvalue weighted by atomic mass is 35.5. The Morgan fingerprint density at radius 3 is 2.65 bits per heavy atom. The highest BCUT2D eigenvalue weighted by molar-refractivity contribution is 6.42. The Morgan fingerprint density at radius 1 is 1.19 bits per heavy atom. The molecular weight excluding hydrogens is 371 g/mol. The number of unbranched alkanes of at least 4 members (excludes halogenated alkanes) is 2. The van der Waals surface area contributed by atoms with Gasteiger partial charge < -0.3 is 9.67 Å². The number of aromatic nitrogens is 2. The quantitative estimate of drug-likeness (QED) is 0.506. The van der Waals surface area contributed by atoms with Gasteiger partial charge in [0.2, 0.25) is 0 Å². The van der Waals surface area contributed by atoms with E-state index in [9.17, 15) is 4.79 Å². The fraction of sp³-hybridized carbons (Fsp3) is 0.300. The normalized spacial score (nSPS) is 11.2. The van der Waals surface area contributed by atoms with Crippen molar-refractivity contribution >= 4 is 40.1 Å². The van der Waals surface area contributed by atoms with Crippen molar-refractivity contribution in [1.82, 2.24) is 9.55 Å². The first-order valence-corrected chi connectivity index (χ1v) is 9.34. The summed E-state index contributed by atoms with van der Waals surface area (Å²) in [6.07, 6.45) is 6.25. The number of nitrogens with zero attached hydrogens (tertiary/aromatic N) is 2. The lowest BCUT2D eigenvalue weighted by Gasteiger charge is -2.12. The summed E-state index contributed by atoms with van der Waals surface area (Å²) >= 11 is 12.5. The Balaban J connectivity index is 2.00. The lowest BCUT2D eigenvalue weighted by Crippen LogP contribution is -2.02. The minimum Gasteiger partial charge on any atom is -0.481 e. The van der Waals surface area contributed by atoms with Crippen LogP contribution in [0.1, 0.15) is 31.2 Å². The van der Waals surface area contributed by atoms with Gasteiger partial charge in [-0.2, -0.15) is 0 Å². The summed E-state index contributed by atoms with van der Waals surface area (Å²) in [5, 5.41) is 10.9. The molecular formula is C20H20Cl2N2O2. The van der Waals surface area contributed by atoms with Gasteiger partial charge in [0.05, 0.1) is 21.3 Å². The van der Waals surface area contributed by atoms with Crippen LogP contribution in [0.2, 0.25) is 10.0 Å². The molecule has 0 spiro atoms. The number of fused-ring (bicyclic) bond motifs is 1. The summed E-state index contributed by atoms with van der Waals surface area (Å²) in [6.45, 7) is 2.86. The molecule has 1 aromatic carbocycles. The van der Waals surface area contributed by atoms with Gasteiger partial charge in [0.1, 0.15) is 0 Å². The number of hydrogen-bond donors (Lipinski definition) is 1. The van der Waals surface area contributed by atoms with E-state index >= 15 is 0 Å². The van der Waals surface area contributed by atoms with E-state index in [0.29, 0.717) is 16.5 Å². The van der Waals surface area contributed by atoms with Crippen molar-refractivity contribution in [3.63, 3.8) is 0 Å². The highest BCUT2D eigenvalue weighted by Crippen LogP contribution is 2.37. The van der Waals surface area contributed by atoms with Crippen molar-refractivity contribution in [2.24, 2.45) is 0 Å². The van der Waals surface area contributed by atoms with Gasteiger partial charge in [-0.25, -0.2) is 0 Å². The van der Waals surface area contributed by atoms with E-state index in [1.807, 2.05) is 30.5 Å². The largest absolute Gasteiger partial charge is 0.481 e. The van der Waals surface area contributed by atoms with Crippen LogP contribution in [-0.2, 0) is 11.3 Å². The van der Waals surface area contributed by atoms with Crippen molar-refractivity contribution in [2.75, 3.05) is 0 Å². The zero-order valence-corrected chi connectivity index (χ0v) is 16.0. The lowest BCUT2D eigenvalue weighted by molar-refractivity contribution is -0.137. The van der Waals surface area contributed by atoms with Gasteiger partial charge in [-0.3, -0.25) is 9.78 Å². The van der Waals surface area contributed by atoms with E-state index in [1.54, 1.807) is 6.20 Å². The van der Waals surface area contributed by atoms with Gasteiger partial charge in [0, 0.05) is 36.3 Å². The van der Waals surface area contributed by atoms with Crippen LogP contribution >= 0.6 is 23.2 Å². The number of benzene rings is 1. The fourth-order valence-corrected chi connectivity index (χ4v) is 3.66. The van der Waals surface area contributed by atoms with Crippen molar-refractivity contribution in [3.05, 3.63) is 52.3 Å². The fourth-order valence-electron chi connectivity index (χ4n) is 3.34. The molecule has 0 unspecified atom stereocenters.